The summed E-state index contributed by atoms with van der Waals surface area (Å²) in [6.45, 7) is 5.54. The molecule has 0 aliphatic carbocycles. The monoisotopic (exact) mass is 539 g/mol. The molecule has 206 valence electrons. The number of benzene rings is 2. The summed E-state index contributed by atoms with van der Waals surface area (Å²) in [5.41, 5.74) is 2.37. The summed E-state index contributed by atoms with van der Waals surface area (Å²) >= 11 is 0. The molecule has 4 aromatic rings. The molecule has 0 saturated carbocycles. The van der Waals surface area contributed by atoms with Gasteiger partial charge in [-0.2, -0.15) is 15.2 Å². The molecule has 6 rings (SSSR count). The van der Waals surface area contributed by atoms with E-state index in [0.29, 0.717) is 43.9 Å². The molecule has 2 aromatic carbocycles. The van der Waals surface area contributed by atoms with Gasteiger partial charge in [-0.15, -0.1) is 0 Å². The molecule has 9 heteroatoms. The van der Waals surface area contributed by atoms with Gasteiger partial charge in [0, 0.05) is 43.5 Å². The van der Waals surface area contributed by atoms with Gasteiger partial charge in [-0.05, 0) is 49.2 Å². The molecular weight excluding hydrogens is 505 g/mol. The van der Waals surface area contributed by atoms with Crippen LogP contribution in [0.2, 0.25) is 0 Å². The highest BCUT2D eigenvalue weighted by atomic mass is 19.1. The molecule has 2 aliphatic heterocycles. The Bertz CT molecular complexity index is 1580. The van der Waals surface area contributed by atoms with Gasteiger partial charge in [-0.1, -0.05) is 43.3 Å². The minimum Gasteiger partial charge on any atom is -0.462 e. The summed E-state index contributed by atoms with van der Waals surface area (Å²) in [6.07, 6.45) is 5.08. The Morgan fingerprint density at radius 1 is 1.18 bits per heavy atom. The van der Waals surface area contributed by atoms with Crippen LogP contribution < -0.4 is 15.0 Å². The molecule has 2 atom stereocenters. The van der Waals surface area contributed by atoms with E-state index in [1.165, 1.54) is 0 Å². The first-order chi connectivity index (χ1) is 19.6. The Balaban J connectivity index is 1.48. The fourth-order valence-corrected chi connectivity index (χ4v) is 6.05. The number of aryl methyl sites for hydroxylation is 1. The predicted octanol–water partition coefficient (Wildman–Crippen LogP) is 4.71. The third-order valence-electron chi connectivity index (χ3n) is 8.24. The van der Waals surface area contributed by atoms with Gasteiger partial charge in [0.2, 0.25) is 0 Å². The Kier molecular flexibility index (Phi) is 7.46. The lowest BCUT2D eigenvalue weighted by molar-refractivity contribution is 0.188. The third-order valence-corrected chi connectivity index (χ3v) is 8.24. The minimum atomic E-state index is -0.480. The van der Waals surface area contributed by atoms with E-state index in [9.17, 15) is 5.26 Å². The largest absolute Gasteiger partial charge is 0.462 e. The van der Waals surface area contributed by atoms with Crippen LogP contribution in [0.25, 0.3) is 32.9 Å². The zero-order valence-electron chi connectivity index (χ0n) is 23.0. The molecule has 0 bridgehead atoms. The maximum Gasteiger partial charge on any atom is 0.319 e. The van der Waals surface area contributed by atoms with E-state index in [4.69, 9.17) is 9.72 Å². The zero-order chi connectivity index (χ0) is 27.6. The Hall–Kier alpha value is -3.87. The van der Waals surface area contributed by atoms with Crippen LogP contribution in [0.15, 0.2) is 42.6 Å². The molecule has 1 N–H and O–H groups in total. The van der Waals surface area contributed by atoms with Crippen LogP contribution in [0.4, 0.5) is 10.2 Å². The van der Waals surface area contributed by atoms with Gasteiger partial charge < -0.3 is 19.9 Å². The standard InChI is InChI=1S/C31H34FN7O/c1-3-20-7-4-8-21-9-5-11-24(26(20)21)28-27(32)29-25(17-35-28)30(39-16-14-34-22(18-39)12-13-33)37-31(36-29)40-19-23-10-6-15-38(23)2/h4-5,7-9,11,17,22-23,34H,3,6,10,12,14-16,18-19H2,1-2H3/t22-,23?/m0/s1. The average molecular weight is 540 g/mol. The van der Waals surface area contributed by atoms with Crippen molar-refractivity contribution in [3.63, 3.8) is 0 Å². The second kappa shape index (κ2) is 11.3. The number of aromatic nitrogens is 3. The van der Waals surface area contributed by atoms with Gasteiger partial charge in [0.25, 0.3) is 0 Å². The molecule has 2 fully saturated rings. The van der Waals surface area contributed by atoms with Gasteiger partial charge in [-0.25, -0.2) is 4.39 Å². The number of pyridine rings is 1. The number of nitriles is 1. The maximum atomic E-state index is 16.6. The normalized spacial score (nSPS) is 19.8. The zero-order valence-corrected chi connectivity index (χ0v) is 23.0. The predicted molar refractivity (Wildman–Crippen MR) is 155 cm³/mol. The molecule has 40 heavy (non-hydrogen) atoms. The van der Waals surface area contributed by atoms with Gasteiger partial charge in [-0.3, -0.25) is 4.98 Å². The summed E-state index contributed by atoms with van der Waals surface area (Å²) in [5.74, 6) is 0.112. The van der Waals surface area contributed by atoms with Crippen LogP contribution in [0.3, 0.4) is 0 Å². The van der Waals surface area contributed by atoms with Crippen molar-refractivity contribution in [2.24, 2.45) is 0 Å². The lowest BCUT2D eigenvalue weighted by atomic mass is 9.95. The van der Waals surface area contributed by atoms with E-state index in [1.54, 1.807) is 6.20 Å². The summed E-state index contributed by atoms with van der Waals surface area (Å²) in [6, 6.07) is 14.8. The molecule has 0 amide bonds. The Morgan fingerprint density at radius 3 is 2.80 bits per heavy atom. The second-order valence-corrected chi connectivity index (χ2v) is 10.7. The van der Waals surface area contributed by atoms with E-state index in [0.717, 1.165) is 47.7 Å². The highest BCUT2D eigenvalue weighted by molar-refractivity contribution is 6.00. The van der Waals surface area contributed by atoms with Crippen LogP contribution in [0.5, 0.6) is 6.01 Å². The van der Waals surface area contributed by atoms with Gasteiger partial charge in [0.05, 0.1) is 17.9 Å². The fraction of sp³-hybridized carbons (Fsp3) is 0.419. The van der Waals surface area contributed by atoms with Crippen molar-refractivity contribution in [3.05, 3.63) is 54.0 Å². The Morgan fingerprint density at radius 2 is 2.02 bits per heavy atom. The lowest BCUT2D eigenvalue weighted by Crippen LogP contribution is -2.51. The topological polar surface area (TPSA) is 90.2 Å². The third kappa shape index (κ3) is 4.93. The van der Waals surface area contributed by atoms with Crippen LogP contribution in [-0.4, -0.2) is 71.8 Å². The summed E-state index contributed by atoms with van der Waals surface area (Å²) in [5, 5.41) is 15.2. The number of likely N-dealkylation sites (tertiary alicyclic amines) is 1. The average Bonchev–Trinajstić information content (AvgIpc) is 3.40. The molecule has 8 nitrogen and oxygen atoms in total. The second-order valence-electron chi connectivity index (χ2n) is 10.7. The lowest BCUT2D eigenvalue weighted by Gasteiger charge is -2.34. The fourth-order valence-electron chi connectivity index (χ4n) is 6.05. The van der Waals surface area contributed by atoms with E-state index in [1.807, 2.05) is 30.3 Å². The van der Waals surface area contributed by atoms with Gasteiger partial charge >= 0.3 is 6.01 Å². The van der Waals surface area contributed by atoms with E-state index in [2.05, 4.69) is 51.2 Å². The SMILES string of the molecule is CCc1cccc2cccc(-c3ncc4c(N5CCN[C@@H](CC#N)C5)nc(OCC5CCCN5C)nc4c3F)c12. The van der Waals surface area contributed by atoms with Crippen molar-refractivity contribution >= 4 is 27.5 Å². The van der Waals surface area contributed by atoms with E-state index >= 15 is 4.39 Å². The smallest absolute Gasteiger partial charge is 0.319 e. The first-order valence-corrected chi connectivity index (χ1v) is 14.1. The minimum absolute atomic E-state index is 0.000462. The van der Waals surface area contributed by atoms with Gasteiger partial charge in [0.1, 0.15) is 23.6 Å². The van der Waals surface area contributed by atoms with Crippen LogP contribution in [-0.2, 0) is 6.42 Å². The molecule has 2 aliphatic rings. The van der Waals surface area contributed by atoms with E-state index in [-0.39, 0.29) is 29.3 Å². The first kappa shape index (κ1) is 26.4. The first-order valence-electron chi connectivity index (χ1n) is 14.1. The molecule has 0 spiro atoms. The number of ether oxygens (including phenoxy) is 1. The highest BCUT2D eigenvalue weighted by Gasteiger charge is 2.27. The van der Waals surface area contributed by atoms with Crippen LogP contribution in [0, 0.1) is 17.1 Å². The van der Waals surface area contributed by atoms with Gasteiger partial charge in [0.15, 0.2) is 5.82 Å². The number of hydrogen-bond donors (Lipinski definition) is 1. The van der Waals surface area contributed by atoms with Crippen molar-refractivity contribution in [1.29, 1.82) is 5.26 Å². The summed E-state index contributed by atoms with van der Waals surface area (Å²) < 4.78 is 22.7. The molecule has 4 heterocycles. The highest BCUT2D eigenvalue weighted by Crippen LogP contribution is 2.36. The Labute approximate surface area is 233 Å². The van der Waals surface area contributed by atoms with Crippen LogP contribution in [0.1, 0.15) is 31.7 Å². The number of piperazine rings is 1. The molecule has 2 aromatic heterocycles. The van der Waals surface area contributed by atoms with E-state index < -0.39 is 5.82 Å². The van der Waals surface area contributed by atoms with Crippen molar-refractivity contribution in [1.82, 2.24) is 25.2 Å². The number of nitrogens with one attached hydrogen (secondary N) is 1. The number of nitrogens with zero attached hydrogens (tertiary/aromatic N) is 6. The maximum absolute atomic E-state index is 16.6. The summed E-state index contributed by atoms with van der Waals surface area (Å²) in [7, 11) is 2.09. The van der Waals surface area contributed by atoms with Crippen molar-refractivity contribution in [3.8, 4) is 23.3 Å². The van der Waals surface area contributed by atoms with Crippen molar-refractivity contribution in [2.75, 3.05) is 44.7 Å². The van der Waals surface area contributed by atoms with Crippen molar-refractivity contribution in [2.45, 2.75) is 44.7 Å². The molecular formula is C31H34FN7O. The number of anilines is 1. The molecule has 2 saturated heterocycles. The number of rotatable bonds is 7. The number of likely N-dealkylation sites (N-methyl/N-ethyl adjacent to an activating group) is 1. The summed E-state index contributed by atoms with van der Waals surface area (Å²) in [4.78, 5) is 18.4. The molecule has 1 unspecified atom stereocenters. The van der Waals surface area contributed by atoms with Crippen LogP contribution >= 0.6 is 0 Å². The molecule has 0 radical (unpaired) electrons. The van der Waals surface area contributed by atoms with Crippen molar-refractivity contribution < 1.29 is 9.13 Å². The number of hydrogen-bond acceptors (Lipinski definition) is 8. The number of fused-ring (bicyclic) bond motifs is 2. The number of halogens is 1. The quantitative estimate of drug-likeness (QED) is 0.361.